The highest BCUT2D eigenvalue weighted by Crippen LogP contribution is 2.19. The first kappa shape index (κ1) is 10.1. The van der Waals surface area contributed by atoms with E-state index < -0.39 is 0 Å². The number of carbonyl (C=O) groups excluding carboxylic acids is 1. The van der Waals surface area contributed by atoms with Crippen LogP contribution in [0.25, 0.3) is 0 Å². The van der Waals surface area contributed by atoms with E-state index in [1.165, 1.54) is 5.75 Å². The van der Waals surface area contributed by atoms with E-state index in [2.05, 4.69) is 18.2 Å². The molecule has 1 atom stereocenters. The molecule has 70 valence electrons. The van der Waals surface area contributed by atoms with Crippen molar-refractivity contribution in [3.8, 4) is 0 Å². The van der Waals surface area contributed by atoms with Crippen LogP contribution in [0.4, 0.5) is 0 Å². The average Bonchev–Trinajstić information content (AvgIpc) is 2.47. The van der Waals surface area contributed by atoms with Crippen molar-refractivity contribution in [2.45, 2.75) is 25.3 Å². The summed E-state index contributed by atoms with van der Waals surface area (Å²) in [5.74, 6) is 1.61. The lowest BCUT2D eigenvalue weighted by Crippen LogP contribution is -2.31. The molecule has 3 heteroatoms. The molecule has 0 aromatic heterocycles. The lowest BCUT2D eigenvalue weighted by atomic mass is 10.2. The second kappa shape index (κ2) is 4.87. The Morgan fingerprint density at radius 2 is 2.42 bits per heavy atom. The average molecular weight is 187 g/mol. The molecule has 1 rings (SSSR count). The predicted molar refractivity (Wildman–Crippen MR) is 53.7 cm³/mol. The maximum atomic E-state index is 11.0. The fourth-order valence-electron chi connectivity index (χ4n) is 1.59. The Balaban J connectivity index is 2.23. The summed E-state index contributed by atoms with van der Waals surface area (Å²) >= 11 is 1.86. The monoisotopic (exact) mass is 187 g/mol. The van der Waals surface area contributed by atoms with Crippen LogP contribution in [0.2, 0.25) is 0 Å². The number of rotatable bonds is 4. The molecule has 0 aromatic rings. The molecule has 1 unspecified atom stereocenters. The fraction of sp³-hybridized carbons (Fsp3) is 0.889. The second-order valence-corrected chi connectivity index (χ2v) is 4.39. The van der Waals surface area contributed by atoms with Gasteiger partial charge in [0.15, 0.2) is 0 Å². The Kier molecular flexibility index (Phi) is 4.09. The smallest absolute Gasteiger partial charge is 0.134 e. The number of thioether (sulfide) groups is 1. The van der Waals surface area contributed by atoms with Crippen molar-refractivity contribution >= 4 is 17.5 Å². The molecule has 12 heavy (non-hydrogen) atoms. The minimum atomic E-state index is 0.441. The van der Waals surface area contributed by atoms with Crippen LogP contribution >= 0.6 is 11.8 Å². The van der Waals surface area contributed by atoms with E-state index in [1.54, 1.807) is 0 Å². The summed E-state index contributed by atoms with van der Waals surface area (Å²) in [6.07, 6.45) is 4.77. The standard InChI is InChI=1S/C9H17NOS/c1-10(5-6-12-2)8-3-4-9(11)7-8/h8H,3-7H2,1-2H3. The van der Waals surface area contributed by atoms with Crippen molar-refractivity contribution < 1.29 is 4.79 Å². The summed E-state index contributed by atoms with van der Waals surface area (Å²) in [6.45, 7) is 1.11. The lowest BCUT2D eigenvalue weighted by Gasteiger charge is -2.22. The van der Waals surface area contributed by atoms with E-state index in [4.69, 9.17) is 0 Å². The number of Topliss-reactive ketones (excluding diaryl/α,β-unsaturated/α-hetero) is 1. The summed E-state index contributed by atoms with van der Waals surface area (Å²) in [5.41, 5.74) is 0. The Morgan fingerprint density at radius 3 is 2.92 bits per heavy atom. The second-order valence-electron chi connectivity index (χ2n) is 3.41. The first-order valence-electron chi connectivity index (χ1n) is 4.45. The summed E-state index contributed by atoms with van der Waals surface area (Å²) in [6, 6.07) is 0.532. The Hall–Kier alpha value is -0.0200. The summed E-state index contributed by atoms with van der Waals surface area (Å²) < 4.78 is 0. The van der Waals surface area contributed by atoms with Crippen LogP contribution in [0.5, 0.6) is 0 Å². The van der Waals surface area contributed by atoms with Crippen LogP contribution in [0.15, 0.2) is 0 Å². The molecule has 0 aromatic carbocycles. The van der Waals surface area contributed by atoms with Crippen molar-refractivity contribution in [3.63, 3.8) is 0 Å². The highest BCUT2D eigenvalue weighted by Gasteiger charge is 2.24. The van der Waals surface area contributed by atoms with Gasteiger partial charge in [0.2, 0.25) is 0 Å². The highest BCUT2D eigenvalue weighted by atomic mass is 32.2. The van der Waals surface area contributed by atoms with E-state index in [-0.39, 0.29) is 0 Å². The topological polar surface area (TPSA) is 20.3 Å². The molecule has 2 nitrogen and oxygen atoms in total. The Bertz CT molecular complexity index is 161. The first-order chi connectivity index (χ1) is 5.74. The molecule has 0 bridgehead atoms. The summed E-state index contributed by atoms with van der Waals surface area (Å²) in [7, 11) is 2.12. The predicted octanol–water partition coefficient (Wildman–Crippen LogP) is 1.40. The number of hydrogen-bond acceptors (Lipinski definition) is 3. The molecule has 1 aliphatic carbocycles. The zero-order valence-corrected chi connectivity index (χ0v) is 8.69. The van der Waals surface area contributed by atoms with E-state index >= 15 is 0 Å². The van der Waals surface area contributed by atoms with E-state index in [1.807, 2.05) is 11.8 Å². The van der Waals surface area contributed by atoms with Gasteiger partial charge >= 0.3 is 0 Å². The highest BCUT2D eigenvalue weighted by molar-refractivity contribution is 7.98. The molecule has 0 N–H and O–H groups in total. The van der Waals surface area contributed by atoms with Crippen molar-refractivity contribution in [1.82, 2.24) is 4.90 Å². The van der Waals surface area contributed by atoms with Crippen molar-refractivity contribution in [2.24, 2.45) is 0 Å². The lowest BCUT2D eigenvalue weighted by molar-refractivity contribution is -0.117. The van der Waals surface area contributed by atoms with Gasteiger partial charge < -0.3 is 4.90 Å². The molecular formula is C9H17NOS. The minimum absolute atomic E-state index is 0.441. The largest absolute Gasteiger partial charge is 0.302 e. The molecule has 0 aliphatic heterocycles. The van der Waals surface area contributed by atoms with Gasteiger partial charge in [0.1, 0.15) is 5.78 Å². The zero-order chi connectivity index (χ0) is 8.97. The molecule has 1 fully saturated rings. The molecule has 0 heterocycles. The normalized spacial score (nSPS) is 23.9. The van der Waals surface area contributed by atoms with E-state index in [0.29, 0.717) is 11.8 Å². The van der Waals surface area contributed by atoms with Crippen molar-refractivity contribution in [1.29, 1.82) is 0 Å². The third-order valence-corrected chi connectivity index (χ3v) is 3.08. The number of ketones is 1. The number of hydrogen-bond donors (Lipinski definition) is 0. The van der Waals surface area contributed by atoms with Crippen LogP contribution in [0.3, 0.4) is 0 Å². The van der Waals surface area contributed by atoms with Gasteiger partial charge in [-0.1, -0.05) is 0 Å². The molecule has 0 amide bonds. The maximum Gasteiger partial charge on any atom is 0.134 e. The van der Waals surface area contributed by atoms with Crippen LogP contribution < -0.4 is 0 Å². The van der Waals surface area contributed by atoms with Crippen LogP contribution in [-0.4, -0.2) is 42.3 Å². The number of carbonyl (C=O) groups is 1. The van der Waals surface area contributed by atoms with Gasteiger partial charge in [0.05, 0.1) is 0 Å². The van der Waals surface area contributed by atoms with Gasteiger partial charge in [-0.15, -0.1) is 0 Å². The number of nitrogens with zero attached hydrogens (tertiary/aromatic N) is 1. The van der Waals surface area contributed by atoms with Crippen LogP contribution in [-0.2, 0) is 4.79 Å². The van der Waals surface area contributed by atoms with Crippen molar-refractivity contribution in [3.05, 3.63) is 0 Å². The van der Waals surface area contributed by atoms with Gasteiger partial charge in [-0.2, -0.15) is 11.8 Å². The summed E-state index contributed by atoms with van der Waals surface area (Å²) in [4.78, 5) is 13.3. The third kappa shape index (κ3) is 2.79. The maximum absolute atomic E-state index is 11.0. The Morgan fingerprint density at radius 1 is 1.67 bits per heavy atom. The molecule has 0 saturated heterocycles. The molecule has 1 saturated carbocycles. The molecule has 0 radical (unpaired) electrons. The fourth-order valence-corrected chi connectivity index (χ4v) is 2.06. The zero-order valence-electron chi connectivity index (χ0n) is 7.88. The Labute approximate surface area is 78.7 Å². The minimum Gasteiger partial charge on any atom is -0.302 e. The SMILES string of the molecule is CSCCN(C)C1CCC(=O)C1. The molecular weight excluding hydrogens is 170 g/mol. The van der Waals surface area contributed by atoms with Crippen LogP contribution in [0.1, 0.15) is 19.3 Å². The van der Waals surface area contributed by atoms with E-state index in [0.717, 1.165) is 25.8 Å². The van der Waals surface area contributed by atoms with Gasteiger partial charge in [-0.05, 0) is 19.7 Å². The molecule has 0 spiro atoms. The molecule has 1 aliphatic rings. The van der Waals surface area contributed by atoms with Gasteiger partial charge in [0, 0.05) is 31.2 Å². The third-order valence-electron chi connectivity index (χ3n) is 2.49. The van der Waals surface area contributed by atoms with E-state index in [9.17, 15) is 4.79 Å². The summed E-state index contributed by atoms with van der Waals surface area (Å²) in [5, 5.41) is 0. The quantitative estimate of drug-likeness (QED) is 0.663. The van der Waals surface area contributed by atoms with Gasteiger partial charge in [-0.3, -0.25) is 4.79 Å². The van der Waals surface area contributed by atoms with Crippen LogP contribution in [0, 0.1) is 0 Å². The van der Waals surface area contributed by atoms with Gasteiger partial charge in [-0.25, -0.2) is 0 Å². The van der Waals surface area contributed by atoms with Crippen molar-refractivity contribution in [2.75, 3.05) is 25.6 Å². The first-order valence-corrected chi connectivity index (χ1v) is 5.84. The van der Waals surface area contributed by atoms with Gasteiger partial charge in [0.25, 0.3) is 0 Å².